The average molecular weight is 292 g/mol. The van der Waals surface area contributed by atoms with E-state index in [2.05, 4.69) is 6.92 Å². The number of benzene rings is 2. The monoisotopic (exact) mass is 292 g/mol. The van der Waals surface area contributed by atoms with E-state index in [1.54, 1.807) is 6.07 Å². The van der Waals surface area contributed by atoms with Gasteiger partial charge in [0.1, 0.15) is 0 Å². The molecule has 4 heteroatoms. The van der Waals surface area contributed by atoms with E-state index in [-0.39, 0.29) is 4.90 Å². The van der Waals surface area contributed by atoms with E-state index in [0.29, 0.717) is 6.42 Å². The van der Waals surface area contributed by atoms with Crippen molar-refractivity contribution in [3.8, 4) is 0 Å². The van der Waals surface area contributed by atoms with E-state index in [4.69, 9.17) is 0 Å². The Balaban J connectivity index is 2.45. The summed E-state index contributed by atoms with van der Waals surface area (Å²) in [4.78, 5) is 0.0488. The van der Waals surface area contributed by atoms with Crippen molar-refractivity contribution in [3.63, 3.8) is 0 Å². The zero-order valence-electron chi connectivity index (χ0n) is 11.7. The first-order chi connectivity index (χ1) is 9.54. The lowest BCUT2D eigenvalue weighted by atomic mass is 9.99. The zero-order chi connectivity index (χ0) is 14.6. The fourth-order valence-corrected chi connectivity index (χ4v) is 3.31. The molecule has 0 saturated heterocycles. The Bertz CT molecular complexity index is 690. The molecule has 0 radical (unpaired) electrons. The van der Waals surface area contributed by atoms with Crippen molar-refractivity contribution in [1.29, 1.82) is 0 Å². The highest BCUT2D eigenvalue weighted by Gasteiger charge is 2.17. The van der Waals surface area contributed by atoms with Crippen LogP contribution in [0.1, 0.15) is 38.2 Å². The molecule has 0 saturated carbocycles. The Morgan fingerprint density at radius 3 is 2.45 bits per heavy atom. The highest BCUT2D eigenvalue weighted by Crippen LogP contribution is 2.27. The highest BCUT2D eigenvalue weighted by atomic mass is 32.2. The largest absolute Gasteiger partial charge is 0.294 e. The van der Waals surface area contributed by atoms with E-state index in [1.165, 1.54) is 6.07 Å². The standard InChI is InChI=1S/C16H20O3S/c1-2-3-4-5-10-15-14-9-7-6-8-13(14)11-12-16(15)20(17,18)19/h6-9,11-12H,2-5,10H2,1H3,(H,17,18,19). The minimum Gasteiger partial charge on any atom is -0.282 e. The summed E-state index contributed by atoms with van der Waals surface area (Å²) in [5, 5.41) is 1.92. The van der Waals surface area contributed by atoms with E-state index >= 15 is 0 Å². The van der Waals surface area contributed by atoms with Crippen LogP contribution >= 0.6 is 0 Å². The number of hydrogen-bond donors (Lipinski definition) is 1. The van der Waals surface area contributed by atoms with Gasteiger partial charge < -0.3 is 0 Å². The van der Waals surface area contributed by atoms with Gasteiger partial charge in [0.05, 0.1) is 4.90 Å². The molecule has 2 aromatic carbocycles. The smallest absolute Gasteiger partial charge is 0.282 e. The van der Waals surface area contributed by atoms with Crippen molar-refractivity contribution in [2.45, 2.75) is 43.9 Å². The SMILES string of the molecule is CCCCCCc1c(S(=O)(=O)O)ccc2ccccc12. The lowest BCUT2D eigenvalue weighted by molar-refractivity contribution is 0.482. The van der Waals surface area contributed by atoms with E-state index in [0.717, 1.165) is 42.0 Å². The van der Waals surface area contributed by atoms with Crippen LogP contribution in [0.4, 0.5) is 0 Å². The van der Waals surface area contributed by atoms with Crippen molar-refractivity contribution >= 4 is 20.9 Å². The molecule has 108 valence electrons. The molecule has 0 unspecified atom stereocenters. The van der Waals surface area contributed by atoms with Crippen LogP contribution in [-0.2, 0) is 16.5 Å². The summed E-state index contributed by atoms with van der Waals surface area (Å²) < 4.78 is 32.5. The molecule has 2 rings (SSSR count). The molecule has 20 heavy (non-hydrogen) atoms. The van der Waals surface area contributed by atoms with Crippen LogP contribution in [0.3, 0.4) is 0 Å². The first-order valence-electron chi connectivity index (χ1n) is 7.02. The first-order valence-corrected chi connectivity index (χ1v) is 8.46. The van der Waals surface area contributed by atoms with Gasteiger partial charge in [0.25, 0.3) is 10.1 Å². The molecule has 0 aromatic heterocycles. The Morgan fingerprint density at radius 2 is 1.75 bits per heavy atom. The van der Waals surface area contributed by atoms with Crippen LogP contribution in [-0.4, -0.2) is 13.0 Å². The number of hydrogen-bond acceptors (Lipinski definition) is 2. The van der Waals surface area contributed by atoms with Crippen molar-refractivity contribution < 1.29 is 13.0 Å². The maximum absolute atomic E-state index is 11.5. The molecule has 2 aromatic rings. The van der Waals surface area contributed by atoms with Crippen molar-refractivity contribution in [2.75, 3.05) is 0 Å². The molecule has 0 fully saturated rings. The second kappa shape index (κ2) is 6.37. The summed E-state index contributed by atoms with van der Waals surface area (Å²) in [6.45, 7) is 2.14. The number of aryl methyl sites for hydroxylation is 1. The molecule has 0 amide bonds. The van der Waals surface area contributed by atoms with Crippen LogP contribution in [0, 0.1) is 0 Å². The van der Waals surface area contributed by atoms with E-state index < -0.39 is 10.1 Å². The minimum atomic E-state index is -4.17. The fourth-order valence-electron chi connectivity index (χ4n) is 2.54. The topological polar surface area (TPSA) is 54.4 Å². The van der Waals surface area contributed by atoms with Crippen molar-refractivity contribution in [2.24, 2.45) is 0 Å². The van der Waals surface area contributed by atoms with Gasteiger partial charge in [0, 0.05) is 0 Å². The molecule has 1 N–H and O–H groups in total. The summed E-state index contributed by atoms with van der Waals surface area (Å²) in [5.41, 5.74) is 0.738. The van der Waals surface area contributed by atoms with Gasteiger partial charge in [-0.1, -0.05) is 56.5 Å². The summed E-state index contributed by atoms with van der Waals surface area (Å²) in [6.07, 6.45) is 4.97. The Morgan fingerprint density at radius 1 is 1.00 bits per heavy atom. The predicted octanol–water partition coefficient (Wildman–Crippen LogP) is 4.21. The van der Waals surface area contributed by atoms with Gasteiger partial charge in [-0.2, -0.15) is 8.42 Å². The summed E-state index contributed by atoms with van der Waals surface area (Å²) in [6, 6.07) is 10.9. The Kier molecular flexibility index (Phi) is 4.78. The van der Waals surface area contributed by atoms with Crippen LogP contribution in [0.2, 0.25) is 0 Å². The third kappa shape index (κ3) is 3.38. The van der Waals surface area contributed by atoms with Gasteiger partial charge in [0.2, 0.25) is 0 Å². The summed E-state index contributed by atoms with van der Waals surface area (Å²) >= 11 is 0. The maximum Gasteiger partial charge on any atom is 0.294 e. The van der Waals surface area contributed by atoms with Gasteiger partial charge in [-0.3, -0.25) is 4.55 Å². The lowest BCUT2D eigenvalue weighted by Crippen LogP contribution is -2.04. The summed E-state index contributed by atoms with van der Waals surface area (Å²) in [7, 11) is -4.17. The molecular weight excluding hydrogens is 272 g/mol. The molecule has 0 aliphatic carbocycles. The Labute approximate surface area is 120 Å². The zero-order valence-corrected chi connectivity index (χ0v) is 12.5. The van der Waals surface area contributed by atoms with Crippen molar-refractivity contribution in [1.82, 2.24) is 0 Å². The minimum absolute atomic E-state index is 0.0488. The van der Waals surface area contributed by atoms with Crippen LogP contribution in [0.5, 0.6) is 0 Å². The van der Waals surface area contributed by atoms with Gasteiger partial charge in [-0.25, -0.2) is 0 Å². The van der Waals surface area contributed by atoms with Crippen LogP contribution in [0.25, 0.3) is 10.8 Å². The third-order valence-electron chi connectivity index (χ3n) is 3.56. The molecule has 0 spiro atoms. The van der Waals surface area contributed by atoms with Gasteiger partial charge in [-0.05, 0) is 35.2 Å². The molecule has 3 nitrogen and oxygen atoms in total. The normalized spacial score (nSPS) is 11.9. The second-order valence-electron chi connectivity index (χ2n) is 5.05. The molecule has 0 atom stereocenters. The quantitative estimate of drug-likeness (QED) is 0.641. The highest BCUT2D eigenvalue weighted by molar-refractivity contribution is 7.85. The molecular formula is C16H20O3S. The van der Waals surface area contributed by atoms with Gasteiger partial charge in [0.15, 0.2) is 0 Å². The molecule has 0 aliphatic rings. The van der Waals surface area contributed by atoms with Crippen LogP contribution in [0.15, 0.2) is 41.3 Å². The number of unbranched alkanes of at least 4 members (excludes halogenated alkanes) is 3. The van der Waals surface area contributed by atoms with Gasteiger partial charge >= 0.3 is 0 Å². The van der Waals surface area contributed by atoms with E-state index in [9.17, 15) is 13.0 Å². The molecule has 0 aliphatic heterocycles. The summed E-state index contributed by atoms with van der Waals surface area (Å²) in [5.74, 6) is 0. The Hall–Kier alpha value is -1.39. The molecule has 0 bridgehead atoms. The fraction of sp³-hybridized carbons (Fsp3) is 0.375. The lowest BCUT2D eigenvalue weighted by Gasteiger charge is -2.11. The first kappa shape index (κ1) is 15.0. The predicted molar refractivity (Wildman–Crippen MR) is 81.6 cm³/mol. The third-order valence-corrected chi connectivity index (χ3v) is 4.49. The number of fused-ring (bicyclic) bond motifs is 1. The van der Waals surface area contributed by atoms with Crippen molar-refractivity contribution in [3.05, 3.63) is 42.0 Å². The van der Waals surface area contributed by atoms with Crippen LogP contribution < -0.4 is 0 Å². The number of rotatable bonds is 6. The van der Waals surface area contributed by atoms with E-state index in [1.807, 2.05) is 24.3 Å². The average Bonchev–Trinajstić information content (AvgIpc) is 2.42. The second-order valence-corrected chi connectivity index (χ2v) is 6.44. The molecule has 0 heterocycles. The maximum atomic E-state index is 11.5. The van der Waals surface area contributed by atoms with Gasteiger partial charge in [-0.15, -0.1) is 0 Å².